The lowest BCUT2D eigenvalue weighted by atomic mass is 10.1. The van der Waals surface area contributed by atoms with Crippen LogP contribution in [0.4, 0.5) is 0 Å². The number of hydrogen-bond donors (Lipinski definition) is 4. The molecule has 1 aromatic carbocycles. The molecule has 0 saturated carbocycles. The van der Waals surface area contributed by atoms with Crippen LogP contribution in [-0.2, 0) is 30.5 Å². The summed E-state index contributed by atoms with van der Waals surface area (Å²) in [6.07, 6.45) is 0.421. The van der Waals surface area contributed by atoms with Gasteiger partial charge in [0.25, 0.3) is 0 Å². The van der Waals surface area contributed by atoms with Gasteiger partial charge in [-0.05, 0) is 32.3 Å². The van der Waals surface area contributed by atoms with Crippen molar-refractivity contribution in [3.05, 3.63) is 35.9 Å². The zero-order chi connectivity index (χ0) is 23.0. The molecule has 1 aliphatic heterocycles. The maximum Gasteiger partial charge on any atom is 0.248 e. The van der Waals surface area contributed by atoms with Crippen LogP contribution in [0, 0.1) is 0 Å². The van der Waals surface area contributed by atoms with Crippen molar-refractivity contribution in [2.45, 2.75) is 57.5 Å². The van der Waals surface area contributed by atoms with Crippen molar-refractivity contribution in [1.82, 2.24) is 15.5 Å². The lowest BCUT2D eigenvalue weighted by molar-refractivity contribution is -0.144. The van der Waals surface area contributed by atoms with Crippen molar-refractivity contribution < 1.29 is 23.9 Å². The van der Waals surface area contributed by atoms with Gasteiger partial charge in [-0.2, -0.15) is 0 Å². The Labute approximate surface area is 181 Å². The zero-order valence-corrected chi connectivity index (χ0v) is 17.9. The fourth-order valence-corrected chi connectivity index (χ4v) is 3.34. The first kappa shape index (κ1) is 24.3. The van der Waals surface area contributed by atoms with Crippen LogP contribution >= 0.6 is 0 Å². The Bertz CT molecular complexity index is 786. The SMILES string of the molecule is C[C@H](N)C(=O)NCC(=O)N[C@H](C(=O)N1CCC[C@H]1C(N)=O)[C@@H](C)OCc1ccccc1. The van der Waals surface area contributed by atoms with Crippen LogP contribution in [0.15, 0.2) is 30.3 Å². The van der Waals surface area contributed by atoms with Gasteiger partial charge in [-0.25, -0.2) is 0 Å². The number of hydrogen-bond acceptors (Lipinski definition) is 6. The highest BCUT2D eigenvalue weighted by Crippen LogP contribution is 2.19. The number of ether oxygens (including phenoxy) is 1. The molecule has 1 aromatic rings. The number of likely N-dealkylation sites (tertiary alicyclic amines) is 1. The van der Waals surface area contributed by atoms with E-state index in [0.29, 0.717) is 19.4 Å². The molecule has 6 N–H and O–H groups in total. The van der Waals surface area contributed by atoms with Crippen molar-refractivity contribution in [3.8, 4) is 0 Å². The van der Waals surface area contributed by atoms with Crippen molar-refractivity contribution in [1.29, 1.82) is 0 Å². The molecule has 2 rings (SSSR count). The maximum absolute atomic E-state index is 13.2. The number of rotatable bonds is 10. The van der Waals surface area contributed by atoms with E-state index in [0.717, 1.165) is 5.56 Å². The van der Waals surface area contributed by atoms with E-state index >= 15 is 0 Å². The second-order valence-corrected chi connectivity index (χ2v) is 7.65. The van der Waals surface area contributed by atoms with Gasteiger partial charge in [0, 0.05) is 6.54 Å². The summed E-state index contributed by atoms with van der Waals surface area (Å²) in [7, 11) is 0. The van der Waals surface area contributed by atoms with E-state index in [9.17, 15) is 19.2 Å². The van der Waals surface area contributed by atoms with E-state index in [1.807, 2.05) is 30.3 Å². The Morgan fingerprint density at radius 3 is 2.48 bits per heavy atom. The van der Waals surface area contributed by atoms with Crippen molar-refractivity contribution in [2.24, 2.45) is 11.5 Å². The Morgan fingerprint density at radius 1 is 1.19 bits per heavy atom. The second-order valence-electron chi connectivity index (χ2n) is 7.65. The third kappa shape index (κ3) is 7.04. The molecule has 170 valence electrons. The summed E-state index contributed by atoms with van der Waals surface area (Å²) < 4.78 is 5.85. The van der Waals surface area contributed by atoms with E-state index in [4.69, 9.17) is 16.2 Å². The predicted octanol–water partition coefficient (Wildman–Crippen LogP) is -0.984. The number of carbonyl (C=O) groups excluding carboxylic acids is 4. The first-order valence-electron chi connectivity index (χ1n) is 10.3. The number of primary amides is 1. The summed E-state index contributed by atoms with van der Waals surface area (Å²) in [5.41, 5.74) is 11.8. The highest BCUT2D eigenvalue weighted by Gasteiger charge is 2.39. The normalized spacial score (nSPS) is 18.7. The highest BCUT2D eigenvalue weighted by molar-refractivity contribution is 5.93. The molecule has 10 heteroatoms. The second kappa shape index (κ2) is 11.4. The van der Waals surface area contributed by atoms with E-state index in [1.165, 1.54) is 11.8 Å². The van der Waals surface area contributed by atoms with Gasteiger partial charge >= 0.3 is 0 Å². The molecule has 10 nitrogen and oxygen atoms in total. The number of amides is 4. The molecule has 1 aliphatic rings. The molecule has 4 atom stereocenters. The average molecular weight is 434 g/mol. The van der Waals surface area contributed by atoms with Crippen LogP contribution in [0.2, 0.25) is 0 Å². The van der Waals surface area contributed by atoms with Crippen molar-refractivity contribution in [2.75, 3.05) is 13.1 Å². The summed E-state index contributed by atoms with van der Waals surface area (Å²) in [6.45, 7) is 3.43. The first-order valence-corrected chi connectivity index (χ1v) is 10.3. The van der Waals surface area contributed by atoms with Gasteiger partial charge in [0.15, 0.2) is 0 Å². The number of nitrogens with one attached hydrogen (secondary N) is 2. The predicted molar refractivity (Wildman–Crippen MR) is 113 cm³/mol. The molecule has 1 heterocycles. The lowest BCUT2D eigenvalue weighted by Crippen LogP contribution is -2.58. The molecule has 31 heavy (non-hydrogen) atoms. The summed E-state index contributed by atoms with van der Waals surface area (Å²) in [6, 6.07) is 6.86. The fourth-order valence-electron chi connectivity index (χ4n) is 3.34. The first-order chi connectivity index (χ1) is 14.7. The number of nitrogens with two attached hydrogens (primary N) is 2. The standard InChI is InChI=1S/C21H31N5O5/c1-13(22)20(29)24-11-17(27)25-18(14(2)31-12-15-7-4-3-5-8-15)21(30)26-10-6-9-16(26)19(23)28/h3-5,7-8,13-14,16,18H,6,9-12,22H2,1-2H3,(H2,23,28)(H,24,29)(H,25,27)/t13-,14+,16-,18-/m0/s1. The van der Waals surface area contributed by atoms with Gasteiger partial charge < -0.3 is 31.7 Å². The topological polar surface area (TPSA) is 157 Å². The van der Waals surface area contributed by atoms with Crippen LogP contribution < -0.4 is 22.1 Å². The van der Waals surface area contributed by atoms with Crippen LogP contribution in [0.3, 0.4) is 0 Å². The third-order valence-electron chi connectivity index (χ3n) is 5.11. The van der Waals surface area contributed by atoms with E-state index in [1.54, 1.807) is 6.92 Å². The molecule has 0 aliphatic carbocycles. The van der Waals surface area contributed by atoms with E-state index < -0.39 is 47.9 Å². The Hall–Kier alpha value is -2.98. The fraction of sp³-hybridized carbons (Fsp3) is 0.524. The summed E-state index contributed by atoms with van der Waals surface area (Å²) in [5, 5.41) is 5.02. The molecule has 0 radical (unpaired) electrons. The minimum absolute atomic E-state index is 0.238. The maximum atomic E-state index is 13.2. The minimum Gasteiger partial charge on any atom is -0.371 e. The van der Waals surface area contributed by atoms with Gasteiger partial charge in [-0.3, -0.25) is 19.2 Å². The third-order valence-corrected chi connectivity index (χ3v) is 5.11. The van der Waals surface area contributed by atoms with Gasteiger partial charge in [-0.1, -0.05) is 30.3 Å². The molecule has 1 fully saturated rings. The van der Waals surface area contributed by atoms with Gasteiger partial charge in [-0.15, -0.1) is 0 Å². The summed E-state index contributed by atoms with van der Waals surface area (Å²) in [4.78, 5) is 50.4. The highest BCUT2D eigenvalue weighted by atomic mass is 16.5. The Kier molecular flexibility index (Phi) is 8.95. The van der Waals surface area contributed by atoms with Crippen LogP contribution in [0.1, 0.15) is 32.3 Å². The van der Waals surface area contributed by atoms with Crippen molar-refractivity contribution >= 4 is 23.6 Å². The summed E-state index contributed by atoms with van der Waals surface area (Å²) in [5.74, 6) is -2.09. The summed E-state index contributed by atoms with van der Waals surface area (Å²) >= 11 is 0. The van der Waals surface area contributed by atoms with Crippen LogP contribution in [0.25, 0.3) is 0 Å². The van der Waals surface area contributed by atoms with E-state index in [2.05, 4.69) is 10.6 Å². The van der Waals surface area contributed by atoms with Crippen LogP contribution in [-0.4, -0.2) is 65.8 Å². The molecular weight excluding hydrogens is 402 g/mol. The molecular formula is C21H31N5O5. The molecule has 4 amide bonds. The van der Waals surface area contributed by atoms with Gasteiger partial charge in [0.1, 0.15) is 12.1 Å². The number of nitrogens with zero attached hydrogens (tertiary/aromatic N) is 1. The van der Waals surface area contributed by atoms with Crippen molar-refractivity contribution in [3.63, 3.8) is 0 Å². The monoisotopic (exact) mass is 433 g/mol. The molecule has 0 aromatic heterocycles. The van der Waals surface area contributed by atoms with Gasteiger partial charge in [0.2, 0.25) is 23.6 Å². The number of benzene rings is 1. The van der Waals surface area contributed by atoms with Crippen LogP contribution in [0.5, 0.6) is 0 Å². The van der Waals surface area contributed by atoms with E-state index in [-0.39, 0.29) is 13.2 Å². The molecule has 0 unspecified atom stereocenters. The quantitative estimate of drug-likeness (QED) is 0.371. The Morgan fingerprint density at radius 2 is 1.87 bits per heavy atom. The molecule has 0 spiro atoms. The molecule has 0 bridgehead atoms. The Balaban J connectivity index is 2.09. The largest absolute Gasteiger partial charge is 0.371 e. The van der Waals surface area contributed by atoms with Gasteiger partial charge in [0.05, 0.1) is 25.3 Å². The number of carbonyl (C=O) groups is 4. The molecule has 1 saturated heterocycles. The minimum atomic E-state index is -1.05. The average Bonchev–Trinajstić information content (AvgIpc) is 3.24. The zero-order valence-electron chi connectivity index (χ0n) is 17.9. The smallest absolute Gasteiger partial charge is 0.248 e. The lowest BCUT2D eigenvalue weighted by Gasteiger charge is -2.31.